The van der Waals surface area contributed by atoms with Crippen molar-refractivity contribution in [1.82, 2.24) is 4.90 Å². The van der Waals surface area contributed by atoms with E-state index in [9.17, 15) is 4.79 Å². The molecule has 0 N–H and O–H groups in total. The molecular weight excluding hydrogens is 362 g/mol. The van der Waals surface area contributed by atoms with Crippen molar-refractivity contribution in [3.8, 4) is 0 Å². The maximum Gasteiger partial charge on any atom is 0.410 e. The second kappa shape index (κ2) is 13.3. The molecular formula is C25H31NO3. The summed E-state index contributed by atoms with van der Waals surface area (Å²) in [6.07, 6.45) is 5.61. The molecule has 1 amide bonds. The van der Waals surface area contributed by atoms with Crippen molar-refractivity contribution in [3.05, 3.63) is 97.1 Å². The van der Waals surface area contributed by atoms with E-state index in [1.54, 1.807) is 11.0 Å². The van der Waals surface area contributed by atoms with E-state index in [4.69, 9.17) is 9.47 Å². The molecule has 0 aliphatic rings. The van der Waals surface area contributed by atoms with Crippen LogP contribution in [0.1, 0.15) is 30.4 Å². The van der Waals surface area contributed by atoms with Crippen molar-refractivity contribution in [3.63, 3.8) is 0 Å². The summed E-state index contributed by atoms with van der Waals surface area (Å²) in [7, 11) is 0. The molecule has 4 heteroatoms. The summed E-state index contributed by atoms with van der Waals surface area (Å²) in [5, 5.41) is 0. The zero-order valence-corrected chi connectivity index (χ0v) is 17.0. The van der Waals surface area contributed by atoms with E-state index in [1.165, 1.54) is 0 Å². The van der Waals surface area contributed by atoms with Crippen LogP contribution < -0.4 is 0 Å². The maximum atomic E-state index is 12.7. The van der Waals surface area contributed by atoms with Crippen molar-refractivity contribution in [2.24, 2.45) is 0 Å². The summed E-state index contributed by atoms with van der Waals surface area (Å²) in [5.74, 6) is 0. The van der Waals surface area contributed by atoms with Gasteiger partial charge in [0.05, 0.1) is 6.61 Å². The summed E-state index contributed by atoms with van der Waals surface area (Å²) < 4.78 is 11.3. The molecule has 0 unspecified atom stereocenters. The highest BCUT2D eigenvalue weighted by Gasteiger charge is 2.23. The molecule has 0 radical (unpaired) electrons. The Morgan fingerprint density at radius 3 is 2.14 bits per heavy atom. The van der Waals surface area contributed by atoms with E-state index in [1.807, 2.05) is 54.6 Å². The van der Waals surface area contributed by atoms with E-state index in [2.05, 4.69) is 25.3 Å². The van der Waals surface area contributed by atoms with Gasteiger partial charge in [0.1, 0.15) is 6.61 Å². The first-order chi connectivity index (χ1) is 14.2. The third kappa shape index (κ3) is 8.36. The third-order valence-electron chi connectivity index (χ3n) is 4.58. The lowest BCUT2D eigenvalue weighted by atomic mass is 10.1. The number of hydrogen-bond acceptors (Lipinski definition) is 3. The van der Waals surface area contributed by atoms with Gasteiger partial charge in [-0.05, 0) is 30.4 Å². The average molecular weight is 394 g/mol. The van der Waals surface area contributed by atoms with Crippen LogP contribution in [-0.2, 0) is 22.7 Å². The summed E-state index contributed by atoms with van der Waals surface area (Å²) in [6.45, 7) is 9.57. The van der Waals surface area contributed by atoms with Gasteiger partial charge in [0.2, 0.25) is 0 Å². The highest BCUT2D eigenvalue weighted by molar-refractivity contribution is 5.68. The lowest BCUT2D eigenvalue weighted by molar-refractivity contribution is 0.0767. The number of ether oxygens (including phenoxy) is 2. The van der Waals surface area contributed by atoms with Crippen LogP contribution in [0, 0.1) is 0 Å². The molecule has 2 aromatic carbocycles. The van der Waals surface area contributed by atoms with E-state index in [0.29, 0.717) is 26.2 Å². The standard InChI is InChI=1S/C25H31NO3/c1-3-12-24(17-11-19-28-20-22-13-7-5-8-14-22)26(18-4-2)25(27)29-21-23-15-9-6-10-16-23/h3-10,13-16,24H,1-2,11-12,17-21H2/t24-/m0/s1. The second-order valence-electron chi connectivity index (χ2n) is 6.84. The van der Waals surface area contributed by atoms with Crippen LogP contribution in [0.4, 0.5) is 4.79 Å². The molecule has 0 aliphatic carbocycles. The first-order valence-electron chi connectivity index (χ1n) is 10.1. The van der Waals surface area contributed by atoms with E-state index < -0.39 is 0 Å². The van der Waals surface area contributed by atoms with Crippen LogP contribution in [0.2, 0.25) is 0 Å². The maximum absolute atomic E-state index is 12.7. The van der Waals surface area contributed by atoms with Gasteiger partial charge in [0.15, 0.2) is 0 Å². The smallest absolute Gasteiger partial charge is 0.410 e. The predicted octanol–water partition coefficient (Wildman–Crippen LogP) is 5.75. The van der Waals surface area contributed by atoms with Gasteiger partial charge in [-0.3, -0.25) is 0 Å². The first-order valence-corrected chi connectivity index (χ1v) is 10.1. The highest BCUT2D eigenvalue weighted by atomic mass is 16.6. The van der Waals surface area contributed by atoms with Gasteiger partial charge >= 0.3 is 6.09 Å². The largest absolute Gasteiger partial charge is 0.445 e. The van der Waals surface area contributed by atoms with Crippen molar-refractivity contribution in [1.29, 1.82) is 0 Å². The fraction of sp³-hybridized carbons (Fsp3) is 0.320. The third-order valence-corrected chi connectivity index (χ3v) is 4.58. The number of rotatable bonds is 13. The summed E-state index contributed by atoms with van der Waals surface area (Å²) in [4.78, 5) is 14.4. The Labute approximate surface area is 174 Å². The van der Waals surface area contributed by atoms with Gasteiger partial charge in [-0.15, -0.1) is 13.2 Å². The van der Waals surface area contributed by atoms with Crippen LogP contribution in [0.5, 0.6) is 0 Å². The lowest BCUT2D eigenvalue weighted by Crippen LogP contribution is -2.40. The van der Waals surface area contributed by atoms with E-state index in [-0.39, 0.29) is 18.7 Å². The van der Waals surface area contributed by atoms with Crippen LogP contribution in [0.25, 0.3) is 0 Å². The number of hydrogen-bond donors (Lipinski definition) is 0. The SMILES string of the molecule is C=CC[C@@H](CCCOCc1ccccc1)N(CC=C)C(=O)OCc1ccccc1. The number of carbonyl (C=O) groups is 1. The van der Waals surface area contributed by atoms with Gasteiger partial charge < -0.3 is 14.4 Å². The zero-order chi connectivity index (χ0) is 20.7. The molecule has 0 heterocycles. The Balaban J connectivity index is 1.83. The van der Waals surface area contributed by atoms with Crippen LogP contribution >= 0.6 is 0 Å². The minimum atomic E-state index is -0.328. The fourth-order valence-corrected chi connectivity index (χ4v) is 3.09. The Morgan fingerprint density at radius 2 is 1.55 bits per heavy atom. The van der Waals surface area contributed by atoms with Crippen molar-refractivity contribution >= 4 is 6.09 Å². The van der Waals surface area contributed by atoms with Crippen molar-refractivity contribution in [2.75, 3.05) is 13.2 Å². The monoisotopic (exact) mass is 393 g/mol. The molecule has 0 bridgehead atoms. The van der Waals surface area contributed by atoms with Crippen LogP contribution in [0.15, 0.2) is 86.0 Å². The molecule has 0 saturated heterocycles. The fourth-order valence-electron chi connectivity index (χ4n) is 3.09. The number of amides is 1. The molecule has 0 saturated carbocycles. The summed E-state index contributed by atoms with van der Waals surface area (Å²) in [5.41, 5.74) is 2.13. The number of carbonyl (C=O) groups excluding carboxylic acids is 1. The van der Waals surface area contributed by atoms with Gasteiger partial charge in [-0.1, -0.05) is 72.8 Å². The van der Waals surface area contributed by atoms with E-state index >= 15 is 0 Å². The van der Waals surface area contributed by atoms with Gasteiger partial charge in [-0.25, -0.2) is 4.79 Å². The minimum Gasteiger partial charge on any atom is -0.445 e. The van der Waals surface area contributed by atoms with E-state index in [0.717, 1.165) is 24.0 Å². The normalized spacial score (nSPS) is 11.4. The predicted molar refractivity (Wildman–Crippen MR) is 117 cm³/mol. The number of benzene rings is 2. The molecule has 0 spiro atoms. The second-order valence-corrected chi connectivity index (χ2v) is 6.84. The van der Waals surface area contributed by atoms with Gasteiger partial charge in [-0.2, -0.15) is 0 Å². The summed E-state index contributed by atoms with van der Waals surface area (Å²) in [6, 6.07) is 19.8. The summed E-state index contributed by atoms with van der Waals surface area (Å²) >= 11 is 0. The van der Waals surface area contributed by atoms with Crippen molar-refractivity contribution in [2.45, 2.75) is 38.5 Å². The number of nitrogens with zero attached hydrogens (tertiary/aromatic N) is 1. The lowest BCUT2D eigenvalue weighted by Gasteiger charge is -2.29. The Morgan fingerprint density at radius 1 is 0.931 bits per heavy atom. The quantitative estimate of drug-likeness (QED) is 0.321. The van der Waals surface area contributed by atoms with Crippen LogP contribution in [0.3, 0.4) is 0 Å². The zero-order valence-electron chi connectivity index (χ0n) is 17.0. The Kier molecular flexibility index (Phi) is 10.3. The molecule has 2 aromatic rings. The van der Waals surface area contributed by atoms with Gasteiger partial charge in [0, 0.05) is 19.2 Å². The topological polar surface area (TPSA) is 38.8 Å². The van der Waals surface area contributed by atoms with Gasteiger partial charge in [0.25, 0.3) is 0 Å². The first kappa shape index (κ1) is 22.4. The Hall–Kier alpha value is -2.85. The highest BCUT2D eigenvalue weighted by Crippen LogP contribution is 2.15. The molecule has 154 valence electrons. The average Bonchev–Trinajstić information content (AvgIpc) is 2.76. The minimum absolute atomic E-state index is 0.00842. The van der Waals surface area contributed by atoms with Crippen molar-refractivity contribution < 1.29 is 14.3 Å². The molecule has 4 nitrogen and oxygen atoms in total. The molecule has 29 heavy (non-hydrogen) atoms. The molecule has 0 aromatic heterocycles. The molecule has 0 aliphatic heterocycles. The molecule has 0 fully saturated rings. The molecule has 2 rings (SSSR count). The molecule has 1 atom stereocenters. The Bertz CT molecular complexity index is 730. The van der Waals surface area contributed by atoms with Crippen LogP contribution in [-0.4, -0.2) is 30.2 Å².